The highest BCUT2D eigenvalue weighted by Crippen LogP contribution is 2.10. The van der Waals surface area contributed by atoms with Crippen LogP contribution in [0.15, 0.2) is 29.3 Å². The topological polar surface area (TPSA) is 48.9 Å². The second-order valence-electron chi connectivity index (χ2n) is 5.54. The van der Waals surface area contributed by atoms with E-state index in [2.05, 4.69) is 60.7 Å². The van der Waals surface area contributed by atoms with Crippen LogP contribution in [0, 0.1) is 0 Å². The Hall–Kier alpha value is -0.860. The molecule has 1 aromatic carbocycles. The number of guanidine groups is 1. The number of ether oxygens (including phenoxy) is 1. The van der Waals surface area contributed by atoms with Gasteiger partial charge in [0, 0.05) is 33.3 Å². The van der Waals surface area contributed by atoms with Gasteiger partial charge in [-0.25, -0.2) is 4.99 Å². The lowest BCUT2D eigenvalue weighted by molar-refractivity contribution is 0.162. The van der Waals surface area contributed by atoms with Crippen molar-refractivity contribution in [2.75, 3.05) is 46.9 Å². The van der Waals surface area contributed by atoms with Crippen molar-refractivity contribution in [3.05, 3.63) is 35.4 Å². The first-order chi connectivity index (χ1) is 11.2. The van der Waals surface area contributed by atoms with Crippen LogP contribution in [0.2, 0.25) is 0 Å². The van der Waals surface area contributed by atoms with Crippen LogP contribution in [0.1, 0.15) is 25.0 Å². The van der Waals surface area contributed by atoms with Crippen LogP contribution < -0.4 is 10.6 Å². The van der Waals surface area contributed by atoms with Crippen molar-refractivity contribution in [2.24, 2.45) is 4.99 Å². The van der Waals surface area contributed by atoms with Crippen LogP contribution in [0.25, 0.3) is 0 Å². The zero-order valence-electron chi connectivity index (χ0n) is 15.5. The molecule has 0 aromatic heterocycles. The summed E-state index contributed by atoms with van der Waals surface area (Å²) in [4.78, 5) is 6.95. The van der Waals surface area contributed by atoms with Gasteiger partial charge >= 0.3 is 0 Å². The smallest absolute Gasteiger partial charge is 0.191 e. The summed E-state index contributed by atoms with van der Waals surface area (Å²) < 4.78 is 5.09. The van der Waals surface area contributed by atoms with Crippen LogP contribution in [-0.2, 0) is 17.7 Å². The second-order valence-corrected chi connectivity index (χ2v) is 5.54. The molecule has 2 N–H and O–H groups in total. The number of hydrogen-bond donors (Lipinski definition) is 2. The molecule has 0 aliphatic rings. The first kappa shape index (κ1) is 23.1. The lowest BCUT2D eigenvalue weighted by atomic mass is 10.1. The minimum absolute atomic E-state index is 0. The molecule has 0 radical (unpaired) electrons. The summed E-state index contributed by atoms with van der Waals surface area (Å²) in [7, 11) is 3.83. The summed E-state index contributed by atoms with van der Waals surface area (Å²) in [5.74, 6) is 0.874. The van der Waals surface area contributed by atoms with Crippen LogP contribution >= 0.6 is 24.0 Å². The van der Waals surface area contributed by atoms with Crippen LogP contribution in [0.4, 0.5) is 0 Å². The summed E-state index contributed by atoms with van der Waals surface area (Å²) in [6.45, 7) is 9.36. The highest BCUT2D eigenvalue weighted by molar-refractivity contribution is 14.0. The molecule has 0 aliphatic carbocycles. The van der Waals surface area contributed by atoms with Crippen LogP contribution in [0.5, 0.6) is 0 Å². The Labute approximate surface area is 164 Å². The molecule has 0 unspecified atom stereocenters. The summed E-state index contributed by atoms with van der Waals surface area (Å²) in [6.07, 6.45) is 1.04. The number of aryl methyl sites for hydroxylation is 1. The number of methoxy groups -OCH3 is 1. The molecule has 0 spiro atoms. The molecule has 0 amide bonds. The number of rotatable bonds is 10. The molecule has 24 heavy (non-hydrogen) atoms. The van der Waals surface area contributed by atoms with E-state index in [0.29, 0.717) is 6.54 Å². The van der Waals surface area contributed by atoms with Crippen molar-refractivity contribution in [3.63, 3.8) is 0 Å². The zero-order valence-corrected chi connectivity index (χ0v) is 17.8. The first-order valence-electron chi connectivity index (χ1n) is 8.47. The van der Waals surface area contributed by atoms with Gasteiger partial charge in [-0.1, -0.05) is 31.2 Å². The average Bonchev–Trinajstić information content (AvgIpc) is 2.58. The maximum atomic E-state index is 5.09. The van der Waals surface area contributed by atoms with Crippen molar-refractivity contribution in [1.82, 2.24) is 15.5 Å². The molecule has 0 saturated heterocycles. The fourth-order valence-electron chi connectivity index (χ4n) is 2.29. The summed E-state index contributed by atoms with van der Waals surface area (Å²) in [6, 6.07) is 8.50. The second kappa shape index (κ2) is 14.5. The van der Waals surface area contributed by atoms with Crippen molar-refractivity contribution < 1.29 is 4.74 Å². The quantitative estimate of drug-likeness (QED) is 0.328. The first-order valence-corrected chi connectivity index (χ1v) is 8.47. The fraction of sp³-hybridized carbons (Fsp3) is 0.611. The molecule has 0 aliphatic heterocycles. The number of benzene rings is 1. The molecule has 0 fully saturated rings. The number of nitrogens with zero attached hydrogens (tertiary/aromatic N) is 2. The van der Waals surface area contributed by atoms with E-state index in [1.165, 1.54) is 11.1 Å². The van der Waals surface area contributed by atoms with Gasteiger partial charge in [0.05, 0.1) is 13.2 Å². The monoisotopic (exact) mass is 448 g/mol. The van der Waals surface area contributed by atoms with E-state index >= 15 is 0 Å². The van der Waals surface area contributed by atoms with Gasteiger partial charge in [0.15, 0.2) is 5.96 Å². The fourth-order valence-corrected chi connectivity index (χ4v) is 2.29. The van der Waals surface area contributed by atoms with Gasteiger partial charge in [-0.2, -0.15) is 0 Å². The Morgan fingerprint density at radius 2 is 1.83 bits per heavy atom. The van der Waals surface area contributed by atoms with Gasteiger partial charge in [0.1, 0.15) is 0 Å². The summed E-state index contributed by atoms with van der Waals surface area (Å²) >= 11 is 0. The van der Waals surface area contributed by atoms with Crippen molar-refractivity contribution in [1.29, 1.82) is 0 Å². The summed E-state index contributed by atoms with van der Waals surface area (Å²) in [5, 5.41) is 6.70. The number of nitrogens with one attached hydrogen (secondary N) is 2. The van der Waals surface area contributed by atoms with E-state index in [0.717, 1.165) is 45.2 Å². The zero-order chi connectivity index (χ0) is 16.9. The van der Waals surface area contributed by atoms with Gasteiger partial charge in [-0.15, -0.1) is 24.0 Å². The van der Waals surface area contributed by atoms with Gasteiger partial charge in [0.2, 0.25) is 0 Å². The van der Waals surface area contributed by atoms with Gasteiger partial charge in [0.25, 0.3) is 0 Å². The van der Waals surface area contributed by atoms with E-state index in [-0.39, 0.29) is 24.0 Å². The Kier molecular flexibility index (Phi) is 14.0. The normalized spacial score (nSPS) is 11.3. The molecule has 1 aromatic rings. The maximum Gasteiger partial charge on any atom is 0.191 e. The maximum absolute atomic E-state index is 5.09. The number of likely N-dealkylation sites (N-methyl/N-ethyl adjacent to an activating group) is 1. The third-order valence-corrected chi connectivity index (χ3v) is 3.71. The highest BCUT2D eigenvalue weighted by atomic mass is 127. The molecule has 5 nitrogen and oxygen atoms in total. The molecule has 0 atom stereocenters. The predicted molar refractivity (Wildman–Crippen MR) is 113 cm³/mol. The Bertz CT molecular complexity index is 468. The Balaban J connectivity index is 0.00000529. The third-order valence-electron chi connectivity index (χ3n) is 3.71. The van der Waals surface area contributed by atoms with E-state index in [1.54, 1.807) is 7.11 Å². The van der Waals surface area contributed by atoms with E-state index < -0.39 is 0 Å². The minimum atomic E-state index is 0. The van der Waals surface area contributed by atoms with E-state index in [1.807, 2.05) is 0 Å². The van der Waals surface area contributed by atoms with Crippen molar-refractivity contribution in [2.45, 2.75) is 26.8 Å². The van der Waals surface area contributed by atoms with Gasteiger partial charge in [-0.3, -0.25) is 0 Å². The van der Waals surface area contributed by atoms with Crippen molar-refractivity contribution >= 4 is 29.9 Å². The van der Waals surface area contributed by atoms with Gasteiger partial charge < -0.3 is 20.3 Å². The third kappa shape index (κ3) is 9.44. The van der Waals surface area contributed by atoms with Crippen LogP contribution in [0.3, 0.4) is 0 Å². The molecule has 138 valence electrons. The minimum Gasteiger partial charge on any atom is -0.383 e. The molecular formula is C18H33IN4O. The summed E-state index contributed by atoms with van der Waals surface area (Å²) in [5.41, 5.74) is 2.66. The molecule has 0 saturated carbocycles. The Morgan fingerprint density at radius 3 is 2.46 bits per heavy atom. The number of aliphatic imine (C=N–C) groups is 1. The van der Waals surface area contributed by atoms with Gasteiger partial charge in [-0.05, 0) is 31.5 Å². The number of hydrogen-bond acceptors (Lipinski definition) is 3. The molecule has 1 rings (SSSR count). The highest BCUT2D eigenvalue weighted by Gasteiger charge is 2.02. The largest absolute Gasteiger partial charge is 0.383 e. The molecular weight excluding hydrogens is 415 g/mol. The van der Waals surface area contributed by atoms with E-state index in [9.17, 15) is 0 Å². The van der Waals surface area contributed by atoms with E-state index in [4.69, 9.17) is 9.73 Å². The van der Waals surface area contributed by atoms with Crippen LogP contribution in [-0.4, -0.2) is 57.8 Å². The number of halogens is 1. The molecule has 0 heterocycles. The standard InChI is InChI=1S/C18H32N4O.HI/c1-5-16-9-7-8-10-17(16)15-21-18(19-6-2)20-11-12-22(3)13-14-23-4;/h7-10H,5-6,11-15H2,1-4H3,(H2,19,20,21);1H. The predicted octanol–water partition coefficient (Wildman–Crippen LogP) is 2.50. The van der Waals surface area contributed by atoms with Crippen molar-refractivity contribution in [3.8, 4) is 0 Å². The lowest BCUT2D eigenvalue weighted by Gasteiger charge is -2.18. The average molecular weight is 448 g/mol. The SMILES string of the molecule is CCNC(=NCc1ccccc1CC)NCCN(C)CCOC.I. The molecule has 6 heteroatoms. The molecule has 0 bridgehead atoms. The Morgan fingerprint density at radius 1 is 1.12 bits per heavy atom. The lowest BCUT2D eigenvalue weighted by Crippen LogP contribution is -2.41.